The minimum absolute atomic E-state index is 0.0221. The predicted octanol–water partition coefficient (Wildman–Crippen LogP) is 14.2. The summed E-state index contributed by atoms with van der Waals surface area (Å²) >= 11 is 0. The predicted molar refractivity (Wildman–Crippen MR) is 216 cm³/mol. The third-order valence-electron chi connectivity index (χ3n) is 9.79. The molecule has 0 unspecified atom stereocenters. The summed E-state index contributed by atoms with van der Waals surface area (Å²) in [6.07, 6.45) is 0. The number of rotatable bonds is 5. The van der Waals surface area contributed by atoms with Crippen molar-refractivity contribution >= 4 is 43.5 Å². The van der Waals surface area contributed by atoms with Gasteiger partial charge in [-0.3, -0.25) is 0 Å². The lowest BCUT2D eigenvalue weighted by Gasteiger charge is -2.19. The zero-order chi connectivity index (χ0) is 38.9. The molecule has 0 fully saturated rings. The molecule has 51 heavy (non-hydrogen) atoms. The van der Waals surface area contributed by atoms with Crippen LogP contribution in [-0.4, -0.2) is 0 Å². The second kappa shape index (κ2) is 12.0. The highest BCUT2D eigenvalue weighted by Gasteiger charge is 2.21. The molecule has 0 spiro atoms. The van der Waals surface area contributed by atoms with Crippen molar-refractivity contribution in [2.24, 2.45) is 0 Å². The van der Waals surface area contributed by atoms with Gasteiger partial charge < -0.3 is 4.42 Å². The summed E-state index contributed by atoms with van der Waals surface area (Å²) in [7, 11) is 0. The van der Waals surface area contributed by atoms with E-state index in [0.29, 0.717) is 22.1 Å². The second-order valence-electron chi connectivity index (χ2n) is 12.7. The van der Waals surface area contributed by atoms with E-state index in [1.165, 1.54) is 0 Å². The van der Waals surface area contributed by atoms with Crippen LogP contribution >= 0.6 is 0 Å². The maximum atomic E-state index is 9.52. The van der Waals surface area contributed by atoms with E-state index in [9.17, 15) is 4.11 Å². The number of fused-ring (bicyclic) bond motifs is 5. The van der Waals surface area contributed by atoms with Crippen molar-refractivity contribution < 1.29 is 12.6 Å². The monoisotopic (exact) mass is 654 g/mol. The quantitative estimate of drug-likeness (QED) is 0.168. The Morgan fingerprint density at radius 3 is 1.53 bits per heavy atom. The highest BCUT2D eigenvalue weighted by Crippen LogP contribution is 2.48. The maximum Gasteiger partial charge on any atom is 0.136 e. The molecule has 1 nitrogen and oxygen atoms in total. The Labute approximate surface area is 305 Å². The normalized spacial score (nSPS) is 13.2. The molecular formula is C50H32O. The van der Waals surface area contributed by atoms with Crippen LogP contribution in [0.3, 0.4) is 0 Å². The molecule has 10 rings (SSSR count). The number of hydrogen-bond donors (Lipinski definition) is 0. The maximum absolute atomic E-state index is 9.52. The highest BCUT2D eigenvalue weighted by molar-refractivity contribution is 6.25. The van der Waals surface area contributed by atoms with Gasteiger partial charge in [-0.05, 0) is 101 Å². The molecule has 0 saturated heterocycles. The van der Waals surface area contributed by atoms with Gasteiger partial charge in [0.05, 0.1) is 8.22 Å². The molecule has 1 heterocycles. The fourth-order valence-electron chi connectivity index (χ4n) is 7.52. The van der Waals surface area contributed by atoms with Crippen molar-refractivity contribution in [3.8, 4) is 55.6 Å². The van der Waals surface area contributed by atoms with Crippen molar-refractivity contribution in [3.63, 3.8) is 0 Å². The lowest BCUT2D eigenvalue weighted by atomic mass is 9.83. The molecule has 0 amide bonds. The van der Waals surface area contributed by atoms with Crippen LogP contribution in [0.2, 0.25) is 0 Å². The third-order valence-corrected chi connectivity index (χ3v) is 9.79. The zero-order valence-electron chi connectivity index (χ0n) is 33.4. The molecule has 0 aliphatic heterocycles. The molecular weight excluding hydrogens is 617 g/mol. The number of benzene rings is 9. The van der Waals surface area contributed by atoms with Crippen LogP contribution in [-0.2, 0) is 0 Å². The Hall–Kier alpha value is -6.70. The standard InChI is InChI=1S/C50H32O/c1-4-15-33(16-5-1)36-27-30-43-47(32-36)51-46-26-14-25-44(50(43)46)49-41-23-12-10-21-39(41)48(40-22-11-13-24-42(40)49)37-28-29-38(34-17-6-2-7-18-34)45(31-37)35-19-8-3-9-20-35/h1-32H/i14D,25D,26D,27D,30D,32D. The average molecular weight is 655 g/mol. The summed E-state index contributed by atoms with van der Waals surface area (Å²) < 4.78 is 61.7. The van der Waals surface area contributed by atoms with E-state index >= 15 is 0 Å². The van der Waals surface area contributed by atoms with Crippen LogP contribution in [0, 0.1) is 0 Å². The van der Waals surface area contributed by atoms with E-state index in [-0.39, 0.29) is 58.4 Å². The van der Waals surface area contributed by atoms with Gasteiger partial charge in [-0.1, -0.05) is 170 Å². The number of furan rings is 1. The van der Waals surface area contributed by atoms with Gasteiger partial charge in [0.2, 0.25) is 0 Å². The van der Waals surface area contributed by atoms with Crippen molar-refractivity contribution in [1.82, 2.24) is 0 Å². The van der Waals surface area contributed by atoms with Crippen molar-refractivity contribution in [2.75, 3.05) is 0 Å². The third kappa shape index (κ3) is 4.86. The van der Waals surface area contributed by atoms with Crippen LogP contribution in [0.15, 0.2) is 198 Å². The van der Waals surface area contributed by atoms with Gasteiger partial charge in [0, 0.05) is 10.8 Å². The highest BCUT2D eigenvalue weighted by atomic mass is 16.3. The van der Waals surface area contributed by atoms with Crippen LogP contribution in [0.25, 0.3) is 99.1 Å². The first-order valence-electron chi connectivity index (χ1n) is 20.0. The van der Waals surface area contributed by atoms with Gasteiger partial charge in [-0.2, -0.15) is 0 Å². The molecule has 238 valence electrons. The first kappa shape index (κ1) is 23.6. The fourth-order valence-corrected chi connectivity index (χ4v) is 7.52. The molecule has 1 heteroatoms. The van der Waals surface area contributed by atoms with Crippen molar-refractivity contribution in [2.45, 2.75) is 0 Å². The molecule has 0 N–H and O–H groups in total. The summed E-state index contributed by atoms with van der Waals surface area (Å²) in [4.78, 5) is 0. The molecule has 9 aromatic carbocycles. The van der Waals surface area contributed by atoms with E-state index in [4.69, 9.17) is 8.53 Å². The van der Waals surface area contributed by atoms with Crippen molar-refractivity contribution in [3.05, 3.63) is 194 Å². The Bertz CT molecular complexity index is 3170. The Morgan fingerprint density at radius 1 is 0.353 bits per heavy atom. The van der Waals surface area contributed by atoms with E-state index in [1.54, 1.807) is 12.1 Å². The van der Waals surface area contributed by atoms with Crippen molar-refractivity contribution in [1.29, 1.82) is 0 Å². The first-order chi connectivity index (χ1) is 27.8. The minimum Gasteiger partial charge on any atom is -0.456 e. The van der Waals surface area contributed by atoms with Gasteiger partial charge in [-0.15, -0.1) is 0 Å². The zero-order valence-corrected chi connectivity index (χ0v) is 27.4. The molecule has 10 aromatic rings. The smallest absolute Gasteiger partial charge is 0.136 e. The molecule has 0 bridgehead atoms. The summed E-state index contributed by atoms with van der Waals surface area (Å²) in [6, 6.07) is 51.4. The number of hydrogen-bond acceptors (Lipinski definition) is 1. The van der Waals surface area contributed by atoms with E-state index in [0.717, 1.165) is 54.9 Å². The molecule has 0 radical (unpaired) electrons. The summed E-state index contributed by atoms with van der Waals surface area (Å²) in [5.41, 5.74) is 8.41. The summed E-state index contributed by atoms with van der Waals surface area (Å²) in [5.74, 6) is 0. The topological polar surface area (TPSA) is 13.1 Å². The van der Waals surface area contributed by atoms with Gasteiger partial charge in [-0.25, -0.2) is 0 Å². The van der Waals surface area contributed by atoms with Gasteiger partial charge in [0.25, 0.3) is 0 Å². The van der Waals surface area contributed by atoms with Gasteiger partial charge in [0.1, 0.15) is 11.2 Å². The van der Waals surface area contributed by atoms with Crippen LogP contribution in [0.1, 0.15) is 8.22 Å². The molecule has 0 atom stereocenters. The SMILES string of the molecule is [2H]c1c([2H])c(-c2c3ccccc3c(-c3ccc(-c4ccccc4)c(-c4ccccc4)c3)c3ccccc23)c2c(oc3c([2H])c(-c4ccccc4)c([2H])c([2H])c32)c1[2H]. The summed E-state index contributed by atoms with van der Waals surface area (Å²) in [5, 5.41) is 4.00. The van der Waals surface area contributed by atoms with E-state index in [2.05, 4.69) is 78.9 Å². The van der Waals surface area contributed by atoms with Crippen LogP contribution < -0.4 is 0 Å². The average Bonchev–Trinajstić information content (AvgIpc) is 3.66. The Kier molecular flexibility index (Phi) is 5.56. The Morgan fingerprint density at radius 2 is 0.902 bits per heavy atom. The fraction of sp³-hybridized carbons (Fsp3) is 0. The van der Waals surface area contributed by atoms with Gasteiger partial charge in [0.15, 0.2) is 0 Å². The summed E-state index contributed by atoms with van der Waals surface area (Å²) in [6.45, 7) is 0. The molecule has 0 aliphatic carbocycles. The molecule has 0 aliphatic rings. The Balaban J connectivity index is 1.32. The molecule has 1 aromatic heterocycles. The minimum atomic E-state index is -0.315. The van der Waals surface area contributed by atoms with E-state index in [1.807, 2.05) is 66.7 Å². The lowest BCUT2D eigenvalue weighted by molar-refractivity contribution is 0.669. The second-order valence-corrected chi connectivity index (χ2v) is 12.7. The molecule has 0 saturated carbocycles. The van der Waals surface area contributed by atoms with Gasteiger partial charge >= 0.3 is 0 Å². The largest absolute Gasteiger partial charge is 0.456 e. The van der Waals surface area contributed by atoms with Crippen LogP contribution in [0.5, 0.6) is 0 Å². The van der Waals surface area contributed by atoms with E-state index < -0.39 is 0 Å². The first-order valence-corrected chi connectivity index (χ1v) is 17.0. The van der Waals surface area contributed by atoms with Crippen LogP contribution in [0.4, 0.5) is 0 Å². The lowest BCUT2D eigenvalue weighted by Crippen LogP contribution is -1.93.